The summed E-state index contributed by atoms with van der Waals surface area (Å²) in [6.45, 7) is 2.94. The molecule has 0 bridgehead atoms. The maximum absolute atomic E-state index is 12.5. The van der Waals surface area contributed by atoms with Crippen molar-refractivity contribution < 1.29 is 19.1 Å². The van der Waals surface area contributed by atoms with Crippen LogP contribution in [0, 0.1) is 0 Å². The van der Waals surface area contributed by atoms with E-state index in [1.807, 2.05) is 30.3 Å². The zero-order valence-corrected chi connectivity index (χ0v) is 16.8. The van der Waals surface area contributed by atoms with Crippen LogP contribution in [0.3, 0.4) is 0 Å². The predicted octanol–water partition coefficient (Wildman–Crippen LogP) is 4.17. The average Bonchev–Trinajstić information content (AvgIpc) is 2.67. The van der Waals surface area contributed by atoms with E-state index < -0.39 is 24.0 Å². The molecule has 1 aliphatic heterocycles. The summed E-state index contributed by atoms with van der Waals surface area (Å²) in [6.07, 6.45) is 2.44. The van der Waals surface area contributed by atoms with E-state index in [1.165, 1.54) is 18.7 Å². The van der Waals surface area contributed by atoms with Crippen LogP contribution in [0.4, 0.5) is 5.69 Å². The molecule has 1 aliphatic rings. The van der Waals surface area contributed by atoms with Crippen LogP contribution in [0.5, 0.6) is 0 Å². The van der Waals surface area contributed by atoms with Crippen LogP contribution in [0.15, 0.2) is 54.7 Å². The van der Waals surface area contributed by atoms with E-state index in [9.17, 15) is 14.4 Å². The molecule has 0 fully saturated rings. The SMILES string of the molecule is CC(=O)N1C=Cc2ccccc2[C@H]1CC(=O)O[C@@H](C)C(=O)Nc1cccc(Cl)c1. The fourth-order valence-electron chi connectivity index (χ4n) is 3.18. The van der Waals surface area contributed by atoms with Crippen molar-refractivity contribution in [1.29, 1.82) is 0 Å². The quantitative estimate of drug-likeness (QED) is 0.747. The molecule has 0 spiro atoms. The van der Waals surface area contributed by atoms with Gasteiger partial charge in [-0.2, -0.15) is 0 Å². The number of nitrogens with one attached hydrogen (secondary N) is 1. The summed E-state index contributed by atoms with van der Waals surface area (Å²) >= 11 is 5.91. The van der Waals surface area contributed by atoms with Gasteiger partial charge in [0.05, 0.1) is 12.5 Å². The molecule has 2 amide bonds. The zero-order chi connectivity index (χ0) is 21.0. The second kappa shape index (κ2) is 8.92. The normalized spacial score (nSPS) is 16.0. The van der Waals surface area contributed by atoms with Crippen molar-refractivity contribution in [2.45, 2.75) is 32.4 Å². The molecule has 1 N–H and O–H groups in total. The number of hydrogen-bond acceptors (Lipinski definition) is 4. The highest BCUT2D eigenvalue weighted by atomic mass is 35.5. The van der Waals surface area contributed by atoms with E-state index in [2.05, 4.69) is 5.32 Å². The highest BCUT2D eigenvalue weighted by Gasteiger charge is 2.30. The number of nitrogens with zero attached hydrogens (tertiary/aromatic N) is 1. The Bertz CT molecular complexity index is 973. The van der Waals surface area contributed by atoms with E-state index in [0.717, 1.165) is 11.1 Å². The van der Waals surface area contributed by atoms with Gasteiger partial charge in [-0.1, -0.05) is 41.9 Å². The lowest BCUT2D eigenvalue weighted by atomic mass is 9.94. The molecule has 0 unspecified atom stereocenters. The van der Waals surface area contributed by atoms with Crippen LogP contribution in [-0.2, 0) is 19.1 Å². The number of amides is 2. The van der Waals surface area contributed by atoms with Crippen LogP contribution >= 0.6 is 11.6 Å². The summed E-state index contributed by atoms with van der Waals surface area (Å²) < 4.78 is 5.31. The van der Waals surface area contributed by atoms with Crippen molar-refractivity contribution in [3.05, 3.63) is 70.9 Å². The van der Waals surface area contributed by atoms with Crippen molar-refractivity contribution in [2.24, 2.45) is 0 Å². The minimum Gasteiger partial charge on any atom is -0.452 e. The number of rotatable bonds is 5. The Kier molecular flexibility index (Phi) is 6.34. The summed E-state index contributed by atoms with van der Waals surface area (Å²) in [4.78, 5) is 38.4. The highest BCUT2D eigenvalue weighted by Crippen LogP contribution is 2.33. The summed E-state index contributed by atoms with van der Waals surface area (Å²) in [5.41, 5.74) is 2.31. The van der Waals surface area contributed by atoms with Crippen molar-refractivity contribution >= 4 is 41.1 Å². The Morgan fingerprint density at radius 3 is 2.66 bits per heavy atom. The topological polar surface area (TPSA) is 75.7 Å². The number of benzene rings is 2. The van der Waals surface area contributed by atoms with Crippen LogP contribution in [0.25, 0.3) is 6.08 Å². The minimum atomic E-state index is -0.998. The molecular weight excluding hydrogens is 392 g/mol. The fourth-order valence-corrected chi connectivity index (χ4v) is 3.37. The van der Waals surface area contributed by atoms with E-state index in [1.54, 1.807) is 30.5 Å². The molecule has 0 aliphatic carbocycles. The second-order valence-electron chi connectivity index (χ2n) is 6.72. The van der Waals surface area contributed by atoms with E-state index in [4.69, 9.17) is 16.3 Å². The van der Waals surface area contributed by atoms with Crippen LogP contribution in [0.1, 0.15) is 37.4 Å². The third-order valence-corrected chi connectivity index (χ3v) is 4.83. The third kappa shape index (κ3) is 5.03. The summed E-state index contributed by atoms with van der Waals surface area (Å²) in [7, 11) is 0. The average molecular weight is 413 g/mol. The van der Waals surface area contributed by atoms with Crippen molar-refractivity contribution in [3.8, 4) is 0 Å². The number of carbonyl (C=O) groups excluding carboxylic acids is 3. The molecule has 2 aromatic carbocycles. The number of hydrogen-bond donors (Lipinski definition) is 1. The van der Waals surface area contributed by atoms with Gasteiger partial charge in [0.2, 0.25) is 5.91 Å². The van der Waals surface area contributed by atoms with Gasteiger partial charge in [-0.3, -0.25) is 14.4 Å². The van der Waals surface area contributed by atoms with Crippen LogP contribution in [-0.4, -0.2) is 28.8 Å². The molecule has 0 radical (unpaired) electrons. The summed E-state index contributed by atoms with van der Waals surface area (Å²) in [6, 6.07) is 13.8. The maximum Gasteiger partial charge on any atom is 0.309 e. The lowest BCUT2D eigenvalue weighted by Gasteiger charge is -2.32. The van der Waals surface area contributed by atoms with Crippen molar-refractivity contribution in [2.75, 3.05) is 5.32 Å². The molecule has 0 aromatic heterocycles. The number of ether oxygens (including phenoxy) is 1. The lowest BCUT2D eigenvalue weighted by molar-refractivity contribution is -0.154. The summed E-state index contributed by atoms with van der Waals surface area (Å²) in [5, 5.41) is 3.14. The van der Waals surface area contributed by atoms with E-state index >= 15 is 0 Å². The molecule has 0 saturated heterocycles. The lowest BCUT2D eigenvalue weighted by Crippen LogP contribution is -2.35. The van der Waals surface area contributed by atoms with Gasteiger partial charge in [0.15, 0.2) is 6.10 Å². The molecular formula is C22H21ClN2O4. The standard InChI is InChI=1S/C22H21ClN2O4/c1-14(22(28)24-18-8-5-7-17(23)12-18)29-21(27)13-20-19-9-4-3-6-16(19)10-11-25(20)15(2)26/h3-12,14,20H,13H2,1-2H3,(H,24,28)/t14-,20+/m0/s1. The molecule has 6 nitrogen and oxygen atoms in total. The molecule has 7 heteroatoms. The van der Waals surface area contributed by atoms with Gasteiger partial charge < -0.3 is 15.0 Å². The number of anilines is 1. The number of halogens is 1. The Labute approximate surface area is 174 Å². The Morgan fingerprint density at radius 1 is 1.17 bits per heavy atom. The largest absolute Gasteiger partial charge is 0.452 e. The first-order chi connectivity index (χ1) is 13.8. The van der Waals surface area contributed by atoms with Gasteiger partial charge in [0.25, 0.3) is 5.91 Å². The van der Waals surface area contributed by atoms with E-state index in [-0.39, 0.29) is 12.3 Å². The first-order valence-electron chi connectivity index (χ1n) is 9.17. The van der Waals surface area contributed by atoms with Gasteiger partial charge in [0.1, 0.15) is 0 Å². The highest BCUT2D eigenvalue weighted by molar-refractivity contribution is 6.30. The Hall–Kier alpha value is -3.12. The fraction of sp³-hybridized carbons (Fsp3) is 0.227. The van der Waals surface area contributed by atoms with Gasteiger partial charge in [-0.15, -0.1) is 0 Å². The monoisotopic (exact) mass is 412 g/mol. The molecule has 29 heavy (non-hydrogen) atoms. The number of carbonyl (C=O) groups is 3. The summed E-state index contributed by atoms with van der Waals surface area (Å²) in [5.74, 6) is -1.21. The Balaban J connectivity index is 1.66. The Morgan fingerprint density at radius 2 is 1.93 bits per heavy atom. The molecule has 2 atom stereocenters. The van der Waals surface area contributed by atoms with E-state index in [0.29, 0.717) is 10.7 Å². The van der Waals surface area contributed by atoms with Gasteiger partial charge >= 0.3 is 5.97 Å². The molecule has 2 aromatic rings. The molecule has 1 heterocycles. The third-order valence-electron chi connectivity index (χ3n) is 4.60. The number of fused-ring (bicyclic) bond motifs is 1. The first kappa shape index (κ1) is 20.6. The molecule has 0 saturated carbocycles. The van der Waals surface area contributed by atoms with Gasteiger partial charge in [-0.05, 0) is 42.3 Å². The van der Waals surface area contributed by atoms with Crippen LogP contribution in [0.2, 0.25) is 5.02 Å². The molecule has 150 valence electrons. The smallest absolute Gasteiger partial charge is 0.309 e. The van der Waals surface area contributed by atoms with Crippen LogP contribution < -0.4 is 5.32 Å². The van der Waals surface area contributed by atoms with Gasteiger partial charge in [-0.25, -0.2) is 0 Å². The zero-order valence-electron chi connectivity index (χ0n) is 16.1. The number of esters is 1. The first-order valence-corrected chi connectivity index (χ1v) is 9.55. The minimum absolute atomic E-state index is 0.0598. The van der Waals surface area contributed by atoms with Crippen molar-refractivity contribution in [1.82, 2.24) is 4.90 Å². The second-order valence-corrected chi connectivity index (χ2v) is 7.16. The predicted molar refractivity (Wildman–Crippen MR) is 111 cm³/mol. The maximum atomic E-state index is 12.5. The van der Waals surface area contributed by atoms with Gasteiger partial charge in [0, 0.05) is 23.8 Å². The molecule has 3 rings (SSSR count). The van der Waals surface area contributed by atoms with Crippen molar-refractivity contribution in [3.63, 3.8) is 0 Å².